The normalized spacial score (nSPS) is 10.1. The number of hydrogen-bond donors (Lipinski definition) is 3. The van der Waals surface area contributed by atoms with Crippen LogP contribution in [0.15, 0.2) is 46.1 Å². The number of nitrogens with two attached hydrogens (primary N) is 1. The van der Waals surface area contributed by atoms with Crippen LogP contribution < -0.4 is 11.1 Å². The van der Waals surface area contributed by atoms with Crippen molar-refractivity contribution in [2.75, 3.05) is 16.8 Å². The van der Waals surface area contributed by atoms with Crippen molar-refractivity contribution in [3.63, 3.8) is 0 Å². The molecule has 0 aliphatic rings. The van der Waals surface area contributed by atoms with Gasteiger partial charge in [0.2, 0.25) is 5.91 Å². The number of thiophene rings is 1. The number of aromatic nitrogens is 1. The van der Waals surface area contributed by atoms with E-state index in [1.54, 1.807) is 6.07 Å². The summed E-state index contributed by atoms with van der Waals surface area (Å²) in [7, 11) is 0. The van der Waals surface area contributed by atoms with E-state index in [-0.39, 0.29) is 34.8 Å². The van der Waals surface area contributed by atoms with Crippen LogP contribution in [0.1, 0.15) is 27.9 Å². The molecule has 31 heavy (non-hydrogen) atoms. The molecule has 0 spiro atoms. The van der Waals surface area contributed by atoms with Gasteiger partial charge in [0.05, 0.1) is 11.1 Å². The molecule has 0 unspecified atom stereocenters. The summed E-state index contributed by atoms with van der Waals surface area (Å²) in [6.07, 6.45) is 0.131. The predicted molar refractivity (Wildman–Crippen MR) is 119 cm³/mol. The van der Waals surface area contributed by atoms with Crippen LogP contribution in [0.25, 0.3) is 11.1 Å². The zero-order chi connectivity index (χ0) is 22.4. The van der Waals surface area contributed by atoms with E-state index in [2.05, 4.69) is 16.4 Å². The van der Waals surface area contributed by atoms with Crippen molar-refractivity contribution in [2.24, 2.45) is 0 Å². The average molecular weight is 450 g/mol. The van der Waals surface area contributed by atoms with Crippen LogP contribution in [-0.4, -0.2) is 27.7 Å². The van der Waals surface area contributed by atoms with Crippen molar-refractivity contribution in [3.05, 3.63) is 57.8 Å². The molecule has 0 aliphatic carbocycles. The summed E-state index contributed by atoms with van der Waals surface area (Å²) in [5.74, 6) is -0.949. The zero-order valence-electron chi connectivity index (χ0n) is 16.0. The second-order valence-corrected chi connectivity index (χ2v) is 8.06. The van der Waals surface area contributed by atoms with Gasteiger partial charge in [-0.1, -0.05) is 0 Å². The molecule has 8 nitrogen and oxygen atoms in total. The zero-order valence-corrected chi connectivity index (χ0v) is 17.6. The van der Waals surface area contributed by atoms with Crippen LogP contribution in [0.3, 0.4) is 0 Å². The van der Waals surface area contributed by atoms with E-state index in [4.69, 9.17) is 10.8 Å². The lowest BCUT2D eigenvalue weighted by Gasteiger charge is -2.12. The van der Waals surface area contributed by atoms with Crippen LogP contribution in [0.2, 0.25) is 0 Å². The molecule has 0 bridgehead atoms. The fraction of sp³-hybridized carbons (Fsp3) is 0.0952. The SMILES string of the molecule is N#Cc1c(N)nc(SCCC(=O)Nc2ccc(C(=O)O)cc2)c(C#N)c1-c1ccsc1. The Bertz CT molecular complexity index is 1210. The summed E-state index contributed by atoms with van der Waals surface area (Å²) in [6.45, 7) is 0. The number of benzene rings is 1. The van der Waals surface area contributed by atoms with Gasteiger partial charge in [0, 0.05) is 23.4 Å². The number of nitriles is 2. The second kappa shape index (κ2) is 9.76. The number of amides is 1. The van der Waals surface area contributed by atoms with Crippen molar-refractivity contribution in [2.45, 2.75) is 11.4 Å². The van der Waals surface area contributed by atoms with E-state index in [1.165, 1.54) is 47.4 Å². The molecule has 2 aromatic heterocycles. The van der Waals surface area contributed by atoms with Gasteiger partial charge in [0.15, 0.2) is 0 Å². The molecule has 0 fully saturated rings. The number of thioether (sulfide) groups is 1. The maximum absolute atomic E-state index is 12.2. The number of aromatic carboxylic acids is 1. The maximum Gasteiger partial charge on any atom is 0.335 e. The molecule has 3 rings (SSSR count). The molecule has 1 amide bonds. The standard InChI is InChI=1S/C21H15N5O3S2/c22-9-15-18(13-5-7-30-11-13)16(10-23)20(26-19(15)24)31-8-6-17(27)25-14-3-1-12(2-4-14)21(28)29/h1-5,7,11H,6,8H2,(H2,24,26)(H,25,27)(H,28,29). The molecule has 3 aromatic rings. The number of hydrogen-bond acceptors (Lipinski definition) is 8. The van der Waals surface area contributed by atoms with Gasteiger partial charge in [-0.3, -0.25) is 4.79 Å². The third kappa shape index (κ3) is 5.01. The topological polar surface area (TPSA) is 153 Å². The first-order valence-electron chi connectivity index (χ1n) is 8.86. The fourth-order valence-corrected chi connectivity index (χ4v) is 4.34. The van der Waals surface area contributed by atoms with Gasteiger partial charge in [-0.05, 0) is 46.7 Å². The van der Waals surface area contributed by atoms with Gasteiger partial charge in [0.25, 0.3) is 0 Å². The Hall–Kier alpha value is -3.86. The van der Waals surface area contributed by atoms with Crippen LogP contribution in [0, 0.1) is 22.7 Å². The number of nitrogens with one attached hydrogen (secondary N) is 1. The quantitative estimate of drug-likeness (QED) is 0.458. The van der Waals surface area contributed by atoms with E-state index in [9.17, 15) is 20.1 Å². The lowest BCUT2D eigenvalue weighted by Crippen LogP contribution is -2.12. The first-order valence-corrected chi connectivity index (χ1v) is 10.8. The highest BCUT2D eigenvalue weighted by molar-refractivity contribution is 7.99. The number of anilines is 2. The van der Waals surface area contributed by atoms with Crippen molar-refractivity contribution in [1.29, 1.82) is 10.5 Å². The Kier molecular flexibility index (Phi) is 6.88. The van der Waals surface area contributed by atoms with Crippen LogP contribution in [-0.2, 0) is 4.79 Å². The first kappa shape index (κ1) is 21.8. The summed E-state index contributed by atoms with van der Waals surface area (Å²) >= 11 is 2.64. The number of carbonyl (C=O) groups excluding carboxylic acids is 1. The van der Waals surface area contributed by atoms with Crippen LogP contribution in [0.4, 0.5) is 11.5 Å². The molecule has 0 radical (unpaired) electrons. The Morgan fingerprint density at radius 3 is 2.45 bits per heavy atom. The molecule has 0 atom stereocenters. The van der Waals surface area contributed by atoms with Crippen molar-refractivity contribution < 1.29 is 14.7 Å². The number of rotatable bonds is 7. The molecule has 0 aliphatic heterocycles. The van der Waals surface area contributed by atoms with E-state index in [0.29, 0.717) is 22.0 Å². The van der Waals surface area contributed by atoms with E-state index in [1.807, 2.05) is 16.8 Å². The molecule has 4 N–H and O–H groups in total. The minimum absolute atomic E-state index is 0.0353. The number of carboxylic acids is 1. The molecule has 10 heteroatoms. The largest absolute Gasteiger partial charge is 0.478 e. The number of nitrogens with zero attached hydrogens (tertiary/aromatic N) is 3. The minimum Gasteiger partial charge on any atom is -0.478 e. The monoisotopic (exact) mass is 449 g/mol. The average Bonchev–Trinajstić information content (AvgIpc) is 3.28. The minimum atomic E-state index is -1.04. The van der Waals surface area contributed by atoms with Crippen LogP contribution >= 0.6 is 23.1 Å². The highest BCUT2D eigenvalue weighted by Gasteiger charge is 2.20. The van der Waals surface area contributed by atoms with Crippen molar-refractivity contribution in [1.82, 2.24) is 4.98 Å². The van der Waals surface area contributed by atoms with E-state index < -0.39 is 5.97 Å². The number of carboxylic acid groups (broad SMARTS) is 1. The summed E-state index contributed by atoms with van der Waals surface area (Å²) < 4.78 is 0. The smallest absolute Gasteiger partial charge is 0.335 e. The Balaban J connectivity index is 1.72. The second-order valence-electron chi connectivity index (χ2n) is 6.19. The third-order valence-corrected chi connectivity index (χ3v) is 5.87. The lowest BCUT2D eigenvalue weighted by molar-refractivity contribution is -0.115. The van der Waals surface area contributed by atoms with E-state index >= 15 is 0 Å². The van der Waals surface area contributed by atoms with Gasteiger partial charge >= 0.3 is 5.97 Å². The van der Waals surface area contributed by atoms with Gasteiger partial charge in [-0.2, -0.15) is 21.9 Å². The molecule has 2 heterocycles. The third-order valence-electron chi connectivity index (χ3n) is 4.21. The number of carbonyl (C=O) groups is 2. The van der Waals surface area contributed by atoms with Crippen molar-refractivity contribution >= 4 is 46.5 Å². The maximum atomic E-state index is 12.2. The molecule has 154 valence electrons. The molecule has 0 saturated carbocycles. The molecule has 1 aromatic carbocycles. The lowest BCUT2D eigenvalue weighted by atomic mass is 9.99. The predicted octanol–water partition coefficient (Wildman–Crippen LogP) is 3.95. The van der Waals surface area contributed by atoms with Gasteiger partial charge in [-0.15, -0.1) is 11.8 Å². The van der Waals surface area contributed by atoms with Gasteiger partial charge < -0.3 is 16.2 Å². The Labute approximate surface area is 186 Å². The Morgan fingerprint density at radius 2 is 1.87 bits per heavy atom. The molecular formula is C21H15N5O3S2. The summed E-state index contributed by atoms with van der Waals surface area (Å²) in [5.41, 5.74) is 8.14. The highest BCUT2D eigenvalue weighted by Crippen LogP contribution is 2.36. The van der Waals surface area contributed by atoms with Gasteiger partial charge in [0.1, 0.15) is 28.5 Å². The fourth-order valence-electron chi connectivity index (χ4n) is 2.76. The molecule has 0 saturated heterocycles. The summed E-state index contributed by atoms with van der Waals surface area (Å²) in [4.78, 5) is 27.3. The molecular weight excluding hydrogens is 434 g/mol. The Morgan fingerprint density at radius 1 is 1.16 bits per heavy atom. The van der Waals surface area contributed by atoms with E-state index in [0.717, 1.165) is 5.56 Å². The number of pyridine rings is 1. The summed E-state index contributed by atoms with van der Waals surface area (Å²) in [6, 6.07) is 11.8. The van der Waals surface area contributed by atoms with Crippen LogP contribution in [0.5, 0.6) is 0 Å². The highest BCUT2D eigenvalue weighted by atomic mass is 32.2. The van der Waals surface area contributed by atoms with Gasteiger partial charge in [-0.25, -0.2) is 9.78 Å². The first-order chi connectivity index (χ1) is 14.9. The van der Waals surface area contributed by atoms with Crippen molar-refractivity contribution in [3.8, 4) is 23.3 Å². The summed E-state index contributed by atoms with van der Waals surface area (Å²) in [5, 5.41) is 34.8. The number of nitrogen functional groups attached to an aromatic ring is 1.